The van der Waals surface area contributed by atoms with Gasteiger partial charge in [-0.2, -0.15) is 0 Å². The van der Waals surface area contributed by atoms with Crippen molar-refractivity contribution in [2.75, 3.05) is 19.8 Å². The fraction of sp³-hybridized carbons (Fsp3) is 0.739. The van der Waals surface area contributed by atoms with Gasteiger partial charge in [0.25, 0.3) is 0 Å². The van der Waals surface area contributed by atoms with Crippen molar-refractivity contribution in [3.63, 3.8) is 0 Å². The largest absolute Gasteiger partial charge is 0.376 e. The van der Waals surface area contributed by atoms with Crippen molar-refractivity contribution >= 4 is 0 Å². The number of piperidine rings is 1. The third kappa shape index (κ3) is 4.29. The van der Waals surface area contributed by atoms with Crippen LogP contribution in [-0.4, -0.2) is 47.0 Å². The molecule has 158 valence electrons. The molecule has 0 saturated carbocycles. The highest BCUT2D eigenvalue weighted by Gasteiger charge is 2.60. The summed E-state index contributed by atoms with van der Waals surface area (Å²) in [5.41, 5.74) is 0.533. The smallest absolute Gasteiger partial charge is 0.172 e. The molecule has 1 aromatic carbocycles. The fourth-order valence-corrected chi connectivity index (χ4v) is 4.81. The van der Waals surface area contributed by atoms with Crippen LogP contribution in [0.2, 0.25) is 0 Å². The molecule has 2 aliphatic heterocycles. The van der Waals surface area contributed by atoms with Crippen LogP contribution in [-0.2, 0) is 20.8 Å². The second kappa shape index (κ2) is 8.04. The van der Waals surface area contributed by atoms with Crippen molar-refractivity contribution in [2.24, 2.45) is 5.41 Å². The molecule has 2 N–H and O–H groups in total. The third-order valence-corrected chi connectivity index (χ3v) is 6.63. The van der Waals surface area contributed by atoms with Gasteiger partial charge in [0.05, 0.1) is 37.5 Å². The first-order chi connectivity index (χ1) is 13.2. The van der Waals surface area contributed by atoms with Gasteiger partial charge in [0.1, 0.15) is 0 Å². The zero-order valence-corrected chi connectivity index (χ0v) is 18.2. The monoisotopic (exact) mass is 392 g/mol. The topological polar surface area (TPSA) is 53.8 Å². The summed E-state index contributed by atoms with van der Waals surface area (Å²) in [7, 11) is 0. The van der Waals surface area contributed by atoms with E-state index in [0.717, 1.165) is 19.3 Å². The third-order valence-electron chi connectivity index (χ3n) is 6.63. The number of hydrogen-bond donors (Lipinski definition) is 0. The van der Waals surface area contributed by atoms with E-state index in [1.807, 2.05) is 23.3 Å². The molecule has 0 aliphatic carbocycles. The van der Waals surface area contributed by atoms with Crippen LogP contribution in [0, 0.1) is 5.41 Å². The van der Waals surface area contributed by atoms with Gasteiger partial charge in [0.2, 0.25) is 0 Å². The molecular weight excluding hydrogens is 354 g/mol. The second-order valence-electron chi connectivity index (χ2n) is 9.71. The first kappa shape index (κ1) is 21.7. The summed E-state index contributed by atoms with van der Waals surface area (Å²) in [5.74, 6) is -0.591. The lowest BCUT2D eigenvalue weighted by Crippen LogP contribution is -2.69. The standard InChI is InChI=1S/C23H37NO4/c1-6-22(7-2)15-23(14-20(3,4)24(22)25)27-17-21(5,18-28-23)16-26-13-19-11-9-8-10-12-19/h8-12,25H,6-7,13-18H2,1-5H3/p+1. The van der Waals surface area contributed by atoms with Crippen molar-refractivity contribution in [1.29, 1.82) is 0 Å². The van der Waals surface area contributed by atoms with Crippen molar-refractivity contribution in [3.8, 4) is 0 Å². The number of rotatable bonds is 6. The Balaban J connectivity index is 1.62. The maximum absolute atomic E-state index is 8.73. The van der Waals surface area contributed by atoms with E-state index in [1.165, 1.54) is 5.56 Å². The van der Waals surface area contributed by atoms with Gasteiger partial charge in [-0.1, -0.05) is 56.2 Å². The first-order valence-electron chi connectivity index (χ1n) is 10.6. The normalized spacial score (nSPS) is 32.5. The molecule has 0 atom stereocenters. The quantitative estimate of drug-likeness (QED) is 0.686. The van der Waals surface area contributed by atoms with Crippen LogP contribution in [0.1, 0.15) is 65.9 Å². The SMILES string of the molecule is CCC1(CC)CC2(CC(C)(C)N1[OH2+])OCC(C)(COCc1ccccc1)CO2. The lowest BCUT2D eigenvalue weighted by Gasteiger charge is -2.57. The summed E-state index contributed by atoms with van der Waals surface area (Å²) in [4.78, 5) is 0. The average Bonchev–Trinajstić information content (AvgIpc) is 2.68. The molecule has 0 bridgehead atoms. The maximum Gasteiger partial charge on any atom is 0.172 e. The van der Waals surface area contributed by atoms with Crippen LogP contribution < -0.4 is 0 Å². The van der Waals surface area contributed by atoms with E-state index in [9.17, 15) is 0 Å². The minimum atomic E-state index is -0.591. The number of hydroxylamine groups is 2. The Morgan fingerprint density at radius 2 is 1.61 bits per heavy atom. The number of hydrogen-bond acceptors (Lipinski definition) is 4. The molecular formula is C23H38NO4+. The predicted octanol–water partition coefficient (Wildman–Crippen LogP) is 4.03. The van der Waals surface area contributed by atoms with Crippen LogP contribution in [0.25, 0.3) is 0 Å². The minimum Gasteiger partial charge on any atom is -0.376 e. The molecule has 0 radical (unpaired) electrons. The summed E-state index contributed by atoms with van der Waals surface area (Å²) in [6.45, 7) is 13.2. The number of ether oxygens (including phenoxy) is 3. The van der Waals surface area contributed by atoms with Crippen LogP contribution in [0.15, 0.2) is 30.3 Å². The Bertz CT molecular complexity index is 633. The summed E-state index contributed by atoms with van der Waals surface area (Å²) in [5, 5.41) is 10.5. The van der Waals surface area contributed by atoms with Crippen molar-refractivity contribution in [1.82, 2.24) is 5.06 Å². The first-order valence-corrected chi connectivity index (χ1v) is 10.6. The lowest BCUT2D eigenvalue weighted by atomic mass is 9.73. The molecule has 5 nitrogen and oxygen atoms in total. The van der Waals surface area contributed by atoms with E-state index in [0.29, 0.717) is 32.8 Å². The summed E-state index contributed by atoms with van der Waals surface area (Å²) in [6.07, 6.45) is 3.30. The van der Waals surface area contributed by atoms with Gasteiger partial charge in [-0.3, -0.25) is 0 Å². The van der Waals surface area contributed by atoms with E-state index in [1.54, 1.807) is 0 Å². The Labute approximate surface area is 169 Å². The summed E-state index contributed by atoms with van der Waals surface area (Å²) in [6, 6.07) is 10.2. The fourth-order valence-electron chi connectivity index (χ4n) is 4.81. The molecule has 5 heteroatoms. The van der Waals surface area contributed by atoms with Gasteiger partial charge >= 0.3 is 0 Å². The molecule has 2 fully saturated rings. The van der Waals surface area contributed by atoms with Crippen molar-refractivity contribution in [3.05, 3.63) is 35.9 Å². The van der Waals surface area contributed by atoms with Gasteiger partial charge in [0.15, 0.2) is 5.79 Å². The molecule has 0 unspecified atom stereocenters. The molecule has 1 spiro atoms. The molecule has 2 heterocycles. The molecule has 0 amide bonds. The van der Waals surface area contributed by atoms with Crippen molar-refractivity contribution < 1.29 is 19.4 Å². The van der Waals surface area contributed by atoms with E-state index in [-0.39, 0.29) is 16.5 Å². The van der Waals surface area contributed by atoms with Crippen molar-refractivity contribution in [2.45, 2.75) is 83.8 Å². The molecule has 1 aromatic rings. The average molecular weight is 393 g/mol. The van der Waals surface area contributed by atoms with Gasteiger partial charge in [-0.25, -0.2) is 0 Å². The van der Waals surface area contributed by atoms with Crippen LogP contribution in [0.3, 0.4) is 0 Å². The van der Waals surface area contributed by atoms with E-state index < -0.39 is 5.79 Å². The van der Waals surface area contributed by atoms with Gasteiger partial charge < -0.3 is 19.4 Å². The highest BCUT2D eigenvalue weighted by Crippen LogP contribution is 2.50. The number of benzene rings is 1. The van der Waals surface area contributed by atoms with Crippen LogP contribution in [0.5, 0.6) is 0 Å². The Kier molecular flexibility index (Phi) is 6.23. The molecule has 3 rings (SSSR count). The minimum absolute atomic E-state index is 0.149. The zero-order chi connectivity index (χ0) is 20.5. The second-order valence-corrected chi connectivity index (χ2v) is 9.71. The highest BCUT2D eigenvalue weighted by atomic mass is 16.7. The van der Waals surface area contributed by atoms with Crippen LogP contribution >= 0.6 is 0 Å². The zero-order valence-electron chi connectivity index (χ0n) is 18.2. The highest BCUT2D eigenvalue weighted by molar-refractivity contribution is 5.13. The molecule has 0 aromatic heterocycles. The lowest BCUT2D eigenvalue weighted by molar-refractivity contribution is -0.379. The number of nitrogens with zero attached hydrogens (tertiary/aromatic N) is 1. The van der Waals surface area contributed by atoms with Gasteiger partial charge in [-0.15, -0.1) is 0 Å². The van der Waals surface area contributed by atoms with Gasteiger partial charge in [0, 0.05) is 18.3 Å². The van der Waals surface area contributed by atoms with E-state index in [2.05, 4.69) is 46.8 Å². The van der Waals surface area contributed by atoms with Crippen LogP contribution in [0.4, 0.5) is 0 Å². The Morgan fingerprint density at radius 1 is 1.00 bits per heavy atom. The van der Waals surface area contributed by atoms with E-state index >= 15 is 0 Å². The predicted molar refractivity (Wildman–Crippen MR) is 111 cm³/mol. The summed E-state index contributed by atoms with van der Waals surface area (Å²) >= 11 is 0. The Hall–Kier alpha value is -0.980. The molecule has 2 aliphatic rings. The van der Waals surface area contributed by atoms with E-state index in [4.69, 9.17) is 19.4 Å². The van der Waals surface area contributed by atoms with Gasteiger partial charge in [-0.05, 0) is 32.3 Å². The Morgan fingerprint density at radius 3 is 2.18 bits per heavy atom. The molecule has 2 saturated heterocycles. The molecule has 28 heavy (non-hydrogen) atoms. The maximum atomic E-state index is 8.73. The summed E-state index contributed by atoms with van der Waals surface area (Å²) < 4.78 is 18.9.